The number of rotatable bonds is 3. The first-order valence-electron chi connectivity index (χ1n) is 6.93. The van der Waals surface area contributed by atoms with E-state index in [0.717, 1.165) is 18.5 Å². The minimum absolute atomic E-state index is 0.0453. The Morgan fingerprint density at radius 3 is 2.90 bits per heavy atom. The lowest BCUT2D eigenvalue weighted by molar-refractivity contribution is -0.120. The summed E-state index contributed by atoms with van der Waals surface area (Å²) >= 11 is 5.66. The molecule has 1 aliphatic heterocycles. The summed E-state index contributed by atoms with van der Waals surface area (Å²) in [5.41, 5.74) is 2.88. The van der Waals surface area contributed by atoms with Gasteiger partial charge < -0.3 is 5.32 Å². The first-order valence-corrected chi connectivity index (χ1v) is 7.31. The van der Waals surface area contributed by atoms with E-state index in [-0.39, 0.29) is 23.3 Å². The van der Waals surface area contributed by atoms with Crippen molar-refractivity contribution in [2.24, 2.45) is 0 Å². The number of fused-ring (bicyclic) bond motifs is 1. The summed E-state index contributed by atoms with van der Waals surface area (Å²) in [6, 6.07) is 12.2. The number of carbonyl (C=O) groups excluding carboxylic acids is 1. The lowest BCUT2D eigenvalue weighted by Gasteiger charge is -2.25. The third kappa shape index (κ3) is 2.99. The van der Waals surface area contributed by atoms with Crippen molar-refractivity contribution in [2.75, 3.05) is 6.54 Å². The molecule has 0 spiro atoms. The molecule has 0 fully saturated rings. The van der Waals surface area contributed by atoms with Gasteiger partial charge in [-0.3, -0.25) is 4.79 Å². The van der Waals surface area contributed by atoms with Crippen LogP contribution in [0.2, 0.25) is 5.02 Å². The highest BCUT2D eigenvalue weighted by Gasteiger charge is 2.25. The fourth-order valence-electron chi connectivity index (χ4n) is 2.74. The smallest absolute Gasteiger partial charge is 0.158 e. The Bertz CT molecular complexity index is 686. The Kier molecular flexibility index (Phi) is 4.04. The highest BCUT2D eigenvalue weighted by atomic mass is 35.5. The van der Waals surface area contributed by atoms with E-state index < -0.39 is 5.82 Å². The molecule has 3 rings (SSSR count). The number of benzene rings is 2. The van der Waals surface area contributed by atoms with Crippen LogP contribution < -0.4 is 5.32 Å². The molecule has 0 radical (unpaired) electrons. The second-order valence-corrected chi connectivity index (χ2v) is 5.63. The van der Waals surface area contributed by atoms with Crippen LogP contribution in [0.1, 0.15) is 22.7 Å². The summed E-state index contributed by atoms with van der Waals surface area (Å²) in [7, 11) is 0. The van der Waals surface area contributed by atoms with Crippen molar-refractivity contribution >= 4 is 17.4 Å². The SMILES string of the molecule is O=C(Cc1ccc(Cl)c(F)c1)C1NCCc2ccccc21. The molecule has 1 unspecified atom stereocenters. The quantitative estimate of drug-likeness (QED) is 0.940. The average molecular weight is 304 g/mol. The predicted molar refractivity (Wildman–Crippen MR) is 81.0 cm³/mol. The van der Waals surface area contributed by atoms with Crippen LogP contribution in [0, 0.1) is 5.82 Å². The van der Waals surface area contributed by atoms with Crippen molar-refractivity contribution in [3.05, 3.63) is 70.0 Å². The number of nitrogens with one attached hydrogen (secondary N) is 1. The first-order chi connectivity index (χ1) is 10.1. The molecule has 1 atom stereocenters. The normalized spacial score (nSPS) is 17.3. The maximum atomic E-state index is 13.5. The Morgan fingerprint density at radius 2 is 2.10 bits per heavy atom. The van der Waals surface area contributed by atoms with Gasteiger partial charge in [0, 0.05) is 13.0 Å². The van der Waals surface area contributed by atoms with Crippen molar-refractivity contribution in [3.8, 4) is 0 Å². The van der Waals surface area contributed by atoms with E-state index in [4.69, 9.17) is 11.6 Å². The fraction of sp³-hybridized carbons (Fsp3) is 0.235. The topological polar surface area (TPSA) is 29.1 Å². The van der Waals surface area contributed by atoms with E-state index in [1.54, 1.807) is 6.07 Å². The summed E-state index contributed by atoms with van der Waals surface area (Å²) in [5, 5.41) is 3.33. The van der Waals surface area contributed by atoms with E-state index >= 15 is 0 Å². The van der Waals surface area contributed by atoms with Crippen molar-refractivity contribution in [3.63, 3.8) is 0 Å². The number of carbonyl (C=O) groups is 1. The van der Waals surface area contributed by atoms with E-state index in [2.05, 4.69) is 11.4 Å². The van der Waals surface area contributed by atoms with Gasteiger partial charge in [-0.1, -0.05) is 41.9 Å². The molecule has 2 aromatic carbocycles. The van der Waals surface area contributed by atoms with Crippen LogP contribution in [0.25, 0.3) is 0 Å². The van der Waals surface area contributed by atoms with Gasteiger partial charge in [-0.15, -0.1) is 0 Å². The number of hydrogen-bond acceptors (Lipinski definition) is 2. The Hall–Kier alpha value is -1.71. The second-order valence-electron chi connectivity index (χ2n) is 5.23. The maximum absolute atomic E-state index is 13.5. The minimum Gasteiger partial charge on any atom is -0.303 e. The maximum Gasteiger partial charge on any atom is 0.158 e. The van der Waals surface area contributed by atoms with Gasteiger partial charge in [0.25, 0.3) is 0 Å². The van der Waals surface area contributed by atoms with E-state index in [1.165, 1.54) is 17.7 Å². The summed E-state index contributed by atoms with van der Waals surface area (Å²) < 4.78 is 13.5. The first kappa shape index (κ1) is 14.2. The molecular formula is C17H15ClFNO. The second kappa shape index (κ2) is 5.96. The molecule has 0 aromatic heterocycles. The van der Waals surface area contributed by atoms with Gasteiger partial charge in [0.2, 0.25) is 0 Å². The van der Waals surface area contributed by atoms with Crippen molar-refractivity contribution in [1.82, 2.24) is 5.32 Å². The third-order valence-electron chi connectivity index (χ3n) is 3.79. The molecule has 0 saturated heterocycles. The molecule has 0 bridgehead atoms. The van der Waals surface area contributed by atoms with Gasteiger partial charge in [-0.25, -0.2) is 4.39 Å². The lowest BCUT2D eigenvalue weighted by Crippen LogP contribution is -2.35. The summed E-state index contributed by atoms with van der Waals surface area (Å²) in [4.78, 5) is 12.5. The van der Waals surface area contributed by atoms with Crippen molar-refractivity contribution in [1.29, 1.82) is 0 Å². The fourth-order valence-corrected chi connectivity index (χ4v) is 2.86. The van der Waals surface area contributed by atoms with Gasteiger partial charge in [0.15, 0.2) is 5.78 Å². The molecular weight excluding hydrogens is 289 g/mol. The Balaban J connectivity index is 1.81. The Labute approximate surface area is 127 Å². The Morgan fingerprint density at radius 1 is 1.29 bits per heavy atom. The molecule has 2 nitrogen and oxygen atoms in total. The molecule has 4 heteroatoms. The zero-order chi connectivity index (χ0) is 14.8. The molecule has 1 heterocycles. The predicted octanol–water partition coefficient (Wildman–Crippen LogP) is 3.48. The van der Waals surface area contributed by atoms with Gasteiger partial charge in [-0.2, -0.15) is 0 Å². The molecule has 0 aliphatic carbocycles. The van der Waals surface area contributed by atoms with Crippen LogP contribution in [0.4, 0.5) is 4.39 Å². The monoisotopic (exact) mass is 303 g/mol. The summed E-state index contributed by atoms with van der Waals surface area (Å²) in [5.74, 6) is -0.442. The van der Waals surface area contributed by atoms with Crippen LogP contribution >= 0.6 is 11.6 Å². The average Bonchev–Trinajstić information content (AvgIpc) is 2.50. The number of Topliss-reactive ketones (excluding diaryl/α,β-unsaturated/α-hetero) is 1. The number of ketones is 1. The van der Waals surface area contributed by atoms with Crippen LogP contribution in [0.3, 0.4) is 0 Å². The summed E-state index contributed by atoms with van der Waals surface area (Å²) in [6.07, 6.45) is 1.12. The largest absolute Gasteiger partial charge is 0.303 e. The molecule has 2 aromatic rings. The highest BCUT2D eigenvalue weighted by Crippen LogP contribution is 2.25. The molecule has 0 saturated carbocycles. The highest BCUT2D eigenvalue weighted by molar-refractivity contribution is 6.30. The van der Waals surface area contributed by atoms with Gasteiger partial charge in [0.1, 0.15) is 5.82 Å². The standard InChI is InChI=1S/C17H15ClFNO/c18-14-6-5-11(9-15(14)19)10-16(21)17-13-4-2-1-3-12(13)7-8-20-17/h1-6,9,17,20H,7-8,10H2. The number of hydrogen-bond donors (Lipinski definition) is 1. The van der Waals surface area contributed by atoms with Crippen LogP contribution in [0.15, 0.2) is 42.5 Å². The van der Waals surface area contributed by atoms with E-state index in [0.29, 0.717) is 5.56 Å². The van der Waals surface area contributed by atoms with Crippen molar-refractivity contribution in [2.45, 2.75) is 18.9 Å². The molecule has 21 heavy (non-hydrogen) atoms. The van der Waals surface area contributed by atoms with Crippen LogP contribution in [0.5, 0.6) is 0 Å². The van der Waals surface area contributed by atoms with Gasteiger partial charge >= 0.3 is 0 Å². The molecule has 1 aliphatic rings. The number of halogens is 2. The lowest BCUT2D eigenvalue weighted by atomic mass is 9.90. The van der Waals surface area contributed by atoms with Crippen LogP contribution in [-0.4, -0.2) is 12.3 Å². The van der Waals surface area contributed by atoms with Gasteiger partial charge in [0.05, 0.1) is 11.1 Å². The third-order valence-corrected chi connectivity index (χ3v) is 4.10. The molecule has 0 amide bonds. The van der Waals surface area contributed by atoms with Gasteiger partial charge in [-0.05, 0) is 35.2 Å². The zero-order valence-electron chi connectivity index (χ0n) is 11.4. The van der Waals surface area contributed by atoms with Crippen molar-refractivity contribution < 1.29 is 9.18 Å². The zero-order valence-corrected chi connectivity index (χ0v) is 12.2. The molecule has 108 valence electrons. The minimum atomic E-state index is -0.487. The summed E-state index contributed by atoms with van der Waals surface area (Å²) in [6.45, 7) is 0.780. The van der Waals surface area contributed by atoms with Crippen LogP contribution in [-0.2, 0) is 17.6 Å². The molecule has 1 N–H and O–H groups in total. The van der Waals surface area contributed by atoms with E-state index in [1.807, 2.05) is 18.2 Å². The van der Waals surface area contributed by atoms with E-state index in [9.17, 15) is 9.18 Å².